The Morgan fingerprint density at radius 2 is 2.29 bits per heavy atom. The summed E-state index contributed by atoms with van der Waals surface area (Å²) in [6.07, 6.45) is 2.26. The molecule has 6 nitrogen and oxygen atoms in total. The second-order valence-electron chi connectivity index (χ2n) is 4.89. The van der Waals surface area contributed by atoms with Crippen LogP contribution in [0.15, 0.2) is 12.3 Å². The number of halogens is 1. The van der Waals surface area contributed by atoms with Gasteiger partial charge in [-0.25, -0.2) is 4.98 Å². The molecule has 0 radical (unpaired) electrons. The monoisotopic (exact) mass is 313 g/mol. The van der Waals surface area contributed by atoms with Crippen LogP contribution in [0.5, 0.6) is 0 Å². The van der Waals surface area contributed by atoms with E-state index in [9.17, 15) is 9.90 Å². The Morgan fingerprint density at radius 1 is 1.57 bits per heavy atom. The van der Waals surface area contributed by atoms with Gasteiger partial charge in [-0.15, -0.1) is 0 Å². The van der Waals surface area contributed by atoms with Gasteiger partial charge in [0, 0.05) is 19.3 Å². The third-order valence-corrected chi connectivity index (χ3v) is 3.73. The highest BCUT2D eigenvalue weighted by atomic mass is 35.5. The molecule has 1 aliphatic heterocycles. The predicted molar refractivity (Wildman–Crippen MR) is 80.8 cm³/mol. The fraction of sp³-hybridized carbons (Fsp3) is 0.571. The van der Waals surface area contributed by atoms with E-state index in [-0.39, 0.29) is 18.6 Å². The van der Waals surface area contributed by atoms with Crippen LogP contribution in [0.2, 0.25) is 5.02 Å². The number of ether oxygens (including phenoxy) is 1. The molecule has 1 amide bonds. The van der Waals surface area contributed by atoms with Crippen molar-refractivity contribution in [2.24, 2.45) is 0 Å². The Balaban J connectivity index is 2.09. The molecule has 0 aliphatic carbocycles. The number of hydrogen-bond donors (Lipinski definition) is 2. The van der Waals surface area contributed by atoms with Gasteiger partial charge in [0.25, 0.3) is 5.91 Å². The standard InChI is InChI=1S/C14H20ClN3O3/c1-2-11(9-19)17-13-12(15)7-10(8-16-13)14(20)18-3-5-21-6-4-18/h7-8,11,19H,2-6,9H2,1H3,(H,16,17)/t11-/m0/s1. The normalized spacial score (nSPS) is 16.6. The minimum Gasteiger partial charge on any atom is -0.394 e. The molecule has 0 unspecified atom stereocenters. The van der Waals surface area contributed by atoms with Crippen molar-refractivity contribution in [1.29, 1.82) is 0 Å². The van der Waals surface area contributed by atoms with Crippen LogP contribution in [-0.2, 0) is 4.74 Å². The molecule has 1 aromatic rings. The summed E-state index contributed by atoms with van der Waals surface area (Å²) in [6, 6.07) is 1.51. The van der Waals surface area contributed by atoms with Gasteiger partial charge in [0.05, 0.1) is 36.4 Å². The second-order valence-corrected chi connectivity index (χ2v) is 5.30. The lowest BCUT2D eigenvalue weighted by Crippen LogP contribution is -2.40. The van der Waals surface area contributed by atoms with Gasteiger partial charge >= 0.3 is 0 Å². The number of morpholine rings is 1. The van der Waals surface area contributed by atoms with Gasteiger partial charge in [-0.3, -0.25) is 4.79 Å². The molecular weight excluding hydrogens is 294 g/mol. The van der Waals surface area contributed by atoms with Crippen LogP contribution in [0.1, 0.15) is 23.7 Å². The first-order valence-corrected chi connectivity index (χ1v) is 7.43. The molecule has 21 heavy (non-hydrogen) atoms. The quantitative estimate of drug-likeness (QED) is 0.859. The summed E-state index contributed by atoms with van der Waals surface area (Å²) < 4.78 is 5.23. The number of pyridine rings is 1. The molecule has 0 bridgehead atoms. The van der Waals surface area contributed by atoms with Crippen molar-refractivity contribution < 1.29 is 14.6 Å². The highest BCUT2D eigenvalue weighted by Crippen LogP contribution is 2.22. The molecule has 1 fully saturated rings. The largest absolute Gasteiger partial charge is 0.394 e. The van der Waals surface area contributed by atoms with Crippen LogP contribution in [-0.4, -0.2) is 59.8 Å². The molecule has 2 rings (SSSR count). The number of anilines is 1. The van der Waals surface area contributed by atoms with E-state index in [1.807, 2.05) is 6.92 Å². The van der Waals surface area contributed by atoms with Gasteiger partial charge in [-0.1, -0.05) is 18.5 Å². The molecule has 1 saturated heterocycles. The van der Waals surface area contributed by atoms with Crippen LogP contribution >= 0.6 is 11.6 Å². The molecule has 1 atom stereocenters. The van der Waals surface area contributed by atoms with Gasteiger partial charge < -0.3 is 20.1 Å². The number of carbonyl (C=O) groups is 1. The van der Waals surface area contributed by atoms with Gasteiger partial charge in [-0.2, -0.15) is 0 Å². The molecule has 0 saturated carbocycles. The first-order chi connectivity index (χ1) is 10.2. The number of amides is 1. The van der Waals surface area contributed by atoms with Crippen molar-refractivity contribution in [3.05, 3.63) is 22.8 Å². The van der Waals surface area contributed by atoms with Crippen molar-refractivity contribution in [3.8, 4) is 0 Å². The average molecular weight is 314 g/mol. The first kappa shape index (κ1) is 16.0. The number of aliphatic hydroxyl groups is 1. The van der Waals surface area contributed by atoms with Gasteiger partial charge in [0.2, 0.25) is 0 Å². The molecule has 1 aromatic heterocycles. The van der Waals surface area contributed by atoms with E-state index >= 15 is 0 Å². The Bertz CT molecular complexity index is 488. The van der Waals surface area contributed by atoms with Crippen molar-refractivity contribution in [2.45, 2.75) is 19.4 Å². The van der Waals surface area contributed by atoms with Crippen molar-refractivity contribution in [3.63, 3.8) is 0 Å². The summed E-state index contributed by atoms with van der Waals surface area (Å²) >= 11 is 6.17. The third-order valence-electron chi connectivity index (χ3n) is 3.44. The van der Waals surface area contributed by atoms with Crippen molar-refractivity contribution in [1.82, 2.24) is 9.88 Å². The summed E-state index contributed by atoms with van der Waals surface area (Å²) in [6.45, 7) is 4.24. The minimum absolute atomic E-state index is 0.00295. The first-order valence-electron chi connectivity index (χ1n) is 7.05. The highest BCUT2D eigenvalue weighted by molar-refractivity contribution is 6.33. The summed E-state index contributed by atoms with van der Waals surface area (Å²) in [5.41, 5.74) is 0.462. The summed E-state index contributed by atoms with van der Waals surface area (Å²) in [5, 5.41) is 12.6. The van der Waals surface area contributed by atoms with E-state index in [0.29, 0.717) is 42.7 Å². The third kappa shape index (κ3) is 4.06. The number of aliphatic hydroxyl groups excluding tert-OH is 1. The number of rotatable bonds is 5. The van der Waals surface area contributed by atoms with Crippen molar-refractivity contribution in [2.75, 3.05) is 38.2 Å². The maximum atomic E-state index is 12.3. The molecular formula is C14H20ClN3O3. The van der Waals surface area contributed by atoms with Gasteiger partial charge in [-0.05, 0) is 12.5 Å². The predicted octanol–water partition coefficient (Wildman–Crippen LogP) is 1.39. The molecule has 1 aliphatic rings. The second kappa shape index (κ2) is 7.59. The van der Waals surface area contributed by atoms with Crippen LogP contribution < -0.4 is 5.32 Å². The molecule has 2 heterocycles. The zero-order chi connectivity index (χ0) is 15.2. The minimum atomic E-state index is -0.101. The Labute approximate surface area is 129 Å². The zero-order valence-corrected chi connectivity index (χ0v) is 12.8. The molecule has 2 N–H and O–H groups in total. The lowest BCUT2D eigenvalue weighted by molar-refractivity contribution is 0.0302. The van der Waals surface area contributed by atoms with Crippen LogP contribution in [0, 0.1) is 0 Å². The number of aromatic nitrogens is 1. The van der Waals surface area contributed by atoms with E-state index < -0.39 is 0 Å². The number of nitrogens with zero attached hydrogens (tertiary/aromatic N) is 2. The topological polar surface area (TPSA) is 74.7 Å². The van der Waals surface area contributed by atoms with E-state index in [1.54, 1.807) is 11.0 Å². The summed E-state index contributed by atoms with van der Waals surface area (Å²) in [5.74, 6) is 0.393. The molecule has 116 valence electrons. The number of carbonyl (C=O) groups excluding carboxylic acids is 1. The fourth-order valence-electron chi connectivity index (χ4n) is 2.08. The van der Waals surface area contributed by atoms with Gasteiger partial charge in [0.15, 0.2) is 0 Å². The molecule has 0 aromatic carbocycles. The maximum Gasteiger partial charge on any atom is 0.255 e. The Hall–Kier alpha value is -1.37. The van der Waals surface area contributed by atoms with E-state index in [4.69, 9.17) is 16.3 Å². The van der Waals surface area contributed by atoms with Crippen LogP contribution in [0.3, 0.4) is 0 Å². The maximum absolute atomic E-state index is 12.3. The molecule has 7 heteroatoms. The van der Waals surface area contributed by atoms with Gasteiger partial charge in [0.1, 0.15) is 5.82 Å². The van der Waals surface area contributed by atoms with E-state index in [0.717, 1.165) is 6.42 Å². The molecule has 0 spiro atoms. The smallest absolute Gasteiger partial charge is 0.255 e. The average Bonchev–Trinajstić information content (AvgIpc) is 2.54. The number of nitrogens with one attached hydrogen (secondary N) is 1. The summed E-state index contributed by atoms with van der Waals surface area (Å²) in [4.78, 5) is 18.2. The summed E-state index contributed by atoms with van der Waals surface area (Å²) in [7, 11) is 0. The van der Waals surface area contributed by atoms with Crippen molar-refractivity contribution >= 4 is 23.3 Å². The SMILES string of the molecule is CC[C@@H](CO)Nc1ncc(C(=O)N2CCOCC2)cc1Cl. The highest BCUT2D eigenvalue weighted by Gasteiger charge is 2.20. The van der Waals surface area contributed by atoms with E-state index in [2.05, 4.69) is 10.3 Å². The lowest BCUT2D eigenvalue weighted by atomic mass is 10.2. The zero-order valence-electron chi connectivity index (χ0n) is 12.0. The lowest BCUT2D eigenvalue weighted by Gasteiger charge is -2.27. The van der Waals surface area contributed by atoms with Crippen LogP contribution in [0.4, 0.5) is 5.82 Å². The van der Waals surface area contributed by atoms with Crippen LogP contribution in [0.25, 0.3) is 0 Å². The fourth-order valence-corrected chi connectivity index (χ4v) is 2.30. The Kier molecular flexibility index (Phi) is 5.78. The Morgan fingerprint density at radius 3 is 2.86 bits per heavy atom. The number of hydrogen-bond acceptors (Lipinski definition) is 5. The van der Waals surface area contributed by atoms with E-state index in [1.165, 1.54) is 6.20 Å².